The number of carbonyl (C=O) groups excluding carboxylic acids is 1. The van der Waals surface area contributed by atoms with Crippen LogP contribution in [0.25, 0.3) is 22.3 Å². The molecule has 2 fully saturated rings. The van der Waals surface area contributed by atoms with Crippen molar-refractivity contribution in [2.75, 3.05) is 7.05 Å². The highest BCUT2D eigenvalue weighted by atomic mass is 19.1. The van der Waals surface area contributed by atoms with E-state index in [2.05, 4.69) is 17.4 Å². The van der Waals surface area contributed by atoms with Crippen LogP contribution in [0.15, 0.2) is 46.9 Å². The van der Waals surface area contributed by atoms with Gasteiger partial charge in [0.25, 0.3) is 5.91 Å². The van der Waals surface area contributed by atoms with Gasteiger partial charge in [0.1, 0.15) is 17.2 Å². The maximum absolute atomic E-state index is 13.6. The van der Waals surface area contributed by atoms with Crippen LogP contribution in [0.5, 0.6) is 0 Å². The van der Waals surface area contributed by atoms with Crippen LogP contribution in [-0.2, 0) is 0 Å². The Labute approximate surface area is 221 Å². The molecule has 0 radical (unpaired) electrons. The number of furan rings is 1. The van der Waals surface area contributed by atoms with Gasteiger partial charge < -0.3 is 9.73 Å². The maximum atomic E-state index is 13.6. The molecule has 2 unspecified atom stereocenters. The molecule has 5 rings (SSSR count). The van der Waals surface area contributed by atoms with E-state index in [1.165, 1.54) is 108 Å². The van der Waals surface area contributed by atoms with Gasteiger partial charge in [-0.15, -0.1) is 0 Å². The summed E-state index contributed by atoms with van der Waals surface area (Å²) in [5, 5.41) is 3.64. The van der Waals surface area contributed by atoms with Crippen LogP contribution in [0, 0.1) is 17.7 Å². The van der Waals surface area contributed by atoms with E-state index in [0.717, 1.165) is 17.2 Å². The first-order chi connectivity index (χ1) is 18.1. The molecule has 1 aromatic heterocycles. The lowest BCUT2D eigenvalue weighted by molar-refractivity contribution is 0.0964. The first-order valence-corrected chi connectivity index (χ1v) is 14.7. The van der Waals surface area contributed by atoms with Crippen molar-refractivity contribution in [1.29, 1.82) is 0 Å². The van der Waals surface area contributed by atoms with E-state index in [4.69, 9.17) is 4.42 Å². The van der Waals surface area contributed by atoms with Gasteiger partial charge in [-0.25, -0.2) is 4.39 Å². The quantitative estimate of drug-likeness (QED) is 0.385. The molecule has 2 aliphatic carbocycles. The topological polar surface area (TPSA) is 42.2 Å². The Kier molecular flexibility index (Phi) is 8.63. The summed E-state index contributed by atoms with van der Waals surface area (Å²) in [5.41, 5.74) is 3.28. The second kappa shape index (κ2) is 12.3. The Morgan fingerprint density at radius 2 is 1.41 bits per heavy atom. The molecule has 3 nitrogen and oxygen atoms in total. The standard InChI is InChI=1S/C33H42FNO2/c1-35-33(36)31-29-22-27(18-21-30(29)37-32(31)26-16-19-28(34)20-17-26)25-13-9-5-8-12-24(14-15-25)23-10-6-3-2-4-7-11-23/h16-25H,2-15H2,1H3,(H,35,36). The molecule has 2 atom stereocenters. The fraction of sp³-hybridized carbons (Fsp3) is 0.545. The summed E-state index contributed by atoms with van der Waals surface area (Å²) in [6.07, 6.45) is 19.1. The number of halogens is 1. The Morgan fingerprint density at radius 1 is 0.784 bits per heavy atom. The molecule has 4 heteroatoms. The van der Waals surface area contributed by atoms with E-state index < -0.39 is 0 Å². The predicted octanol–water partition coefficient (Wildman–Crippen LogP) is 9.40. The molecule has 2 aromatic carbocycles. The first-order valence-electron chi connectivity index (χ1n) is 14.7. The van der Waals surface area contributed by atoms with Gasteiger partial charge in [-0.05, 0) is 79.0 Å². The number of benzene rings is 2. The van der Waals surface area contributed by atoms with Crippen molar-refractivity contribution in [2.24, 2.45) is 11.8 Å². The van der Waals surface area contributed by atoms with E-state index in [1.807, 2.05) is 6.07 Å². The third-order valence-corrected chi connectivity index (χ3v) is 9.07. The molecule has 0 aliphatic heterocycles. The summed E-state index contributed by atoms with van der Waals surface area (Å²) in [7, 11) is 1.65. The van der Waals surface area contributed by atoms with Crippen LogP contribution in [-0.4, -0.2) is 13.0 Å². The molecule has 198 valence electrons. The highest BCUT2D eigenvalue weighted by Gasteiger charge is 2.26. The largest absolute Gasteiger partial charge is 0.455 e. The number of rotatable bonds is 4. The summed E-state index contributed by atoms with van der Waals surface area (Å²) < 4.78 is 19.7. The van der Waals surface area contributed by atoms with Crippen molar-refractivity contribution >= 4 is 16.9 Å². The monoisotopic (exact) mass is 503 g/mol. The number of amides is 1. The maximum Gasteiger partial charge on any atom is 0.255 e. The lowest BCUT2D eigenvalue weighted by Crippen LogP contribution is -2.18. The van der Waals surface area contributed by atoms with Gasteiger partial charge in [-0.1, -0.05) is 76.7 Å². The van der Waals surface area contributed by atoms with E-state index >= 15 is 0 Å². The Hall–Kier alpha value is -2.62. The van der Waals surface area contributed by atoms with Gasteiger partial charge in [0.2, 0.25) is 0 Å². The van der Waals surface area contributed by atoms with Gasteiger partial charge >= 0.3 is 0 Å². The molecule has 0 bridgehead atoms. The van der Waals surface area contributed by atoms with Crippen molar-refractivity contribution in [3.8, 4) is 11.3 Å². The van der Waals surface area contributed by atoms with Crippen LogP contribution in [0.1, 0.15) is 112 Å². The summed E-state index contributed by atoms with van der Waals surface area (Å²) >= 11 is 0. The van der Waals surface area contributed by atoms with Crippen LogP contribution >= 0.6 is 0 Å². The minimum atomic E-state index is -0.304. The van der Waals surface area contributed by atoms with Crippen LogP contribution in [0.4, 0.5) is 4.39 Å². The van der Waals surface area contributed by atoms with E-state index in [1.54, 1.807) is 19.2 Å². The highest BCUT2D eigenvalue weighted by molar-refractivity contribution is 6.11. The Morgan fingerprint density at radius 3 is 2.11 bits per heavy atom. The summed E-state index contributed by atoms with van der Waals surface area (Å²) in [4.78, 5) is 13.0. The number of nitrogens with one attached hydrogen (secondary N) is 1. The van der Waals surface area contributed by atoms with Gasteiger partial charge in [-0.3, -0.25) is 4.79 Å². The minimum absolute atomic E-state index is 0.172. The molecule has 1 heterocycles. The lowest BCUT2D eigenvalue weighted by atomic mass is 9.76. The summed E-state index contributed by atoms with van der Waals surface area (Å²) in [5.74, 6) is 2.32. The fourth-order valence-corrected chi connectivity index (χ4v) is 6.97. The first kappa shape index (κ1) is 26.0. The van der Waals surface area contributed by atoms with Gasteiger partial charge in [0.05, 0.1) is 5.56 Å². The Balaban J connectivity index is 1.43. The molecule has 3 aromatic rings. The molecule has 0 spiro atoms. The molecule has 2 aliphatic rings. The fourth-order valence-electron chi connectivity index (χ4n) is 6.97. The molecular formula is C33H42FNO2. The molecule has 1 N–H and O–H groups in total. The van der Waals surface area contributed by atoms with Crippen molar-refractivity contribution in [1.82, 2.24) is 5.32 Å². The lowest BCUT2D eigenvalue weighted by Gasteiger charge is -2.29. The van der Waals surface area contributed by atoms with Crippen molar-refractivity contribution < 1.29 is 13.6 Å². The molecule has 1 amide bonds. The van der Waals surface area contributed by atoms with Crippen molar-refractivity contribution in [3.63, 3.8) is 0 Å². The molecular weight excluding hydrogens is 461 g/mol. The van der Waals surface area contributed by atoms with E-state index in [-0.39, 0.29) is 11.7 Å². The van der Waals surface area contributed by atoms with Crippen molar-refractivity contribution in [2.45, 2.75) is 95.8 Å². The van der Waals surface area contributed by atoms with Crippen LogP contribution < -0.4 is 5.32 Å². The second-order valence-corrected chi connectivity index (χ2v) is 11.4. The van der Waals surface area contributed by atoms with Crippen molar-refractivity contribution in [3.05, 3.63) is 59.4 Å². The minimum Gasteiger partial charge on any atom is -0.455 e. The molecule has 37 heavy (non-hydrogen) atoms. The third-order valence-electron chi connectivity index (χ3n) is 9.07. The number of fused-ring (bicyclic) bond motifs is 1. The normalized spacial score (nSPS) is 22.4. The molecule has 0 saturated heterocycles. The smallest absolute Gasteiger partial charge is 0.255 e. The van der Waals surface area contributed by atoms with Gasteiger partial charge in [0.15, 0.2) is 0 Å². The predicted molar refractivity (Wildman–Crippen MR) is 149 cm³/mol. The van der Waals surface area contributed by atoms with E-state index in [9.17, 15) is 9.18 Å². The second-order valence-electron chi connectivity index (χ2n) is 11.4. The average molecular weight is 504 g/mol. The van der Waals surface area contributed by atoms with Crippen LogP contribution in [0.3, 0.4) is 0 Å². The summed E-state index contributed by atoms with van der Waals surface area (Å²) in [6, 6.07) is 12.6. The molecule has 2 saturated carbocycles. The zero-order valence-electron chi connectivity index (χ0n) is 22.4. The average Bonchev–Trinajstić information content (AvgIpc) is 3.32. The van der Waals surface area contributed by atoms with E-state index in [0.29, 0.717) is 28.4 Å². The highest BCUT2D eigenvalue weighted by Crippen LogP contribution is 2.41. The number of hydrogen-bond donors (Lipinski definition) is 1. The zero-order chi connectivity index (χ0) is 25.6. The number of carbonyl (C=O) groups is 1. The van der Waals surface area contributed by atoms with Crippen LogP contribution in [0.2, 0.25) is 0 Å². The van der Waals surface area contributed by atoms with Gasteiger partial charge in [0, 0.05) is 18.0 Å². The third kappa shape index (κ3) is 6.10. The zero-order valence-corrected chi connectivity index (χ0v) is 22.4. The number of hydrogen-bond acceptors (Lipinski definition) is 2. The Bertz CT molecular complexity index is 1170. The van der Waals surface area contributed by atoms with Gasteiger partial charge in [-0.2, -0.15) is 0 Å². The summed E-state index contributed by atoms with van der Waals surface area (Å²) in [6.45, 7) is 0. The SMILES string of the molecule is CNC(=O)c1c(-c2ccc(F)cc2)oc2ccc(C3CCCCCC(C4CCCCCCC4)CC3)cc12.